The molecule has 1 amide bonds. The minimum absolute atomic E-state index is 0.0618. The topological polar surface area (TPSA) is 129 Å². The number of imidazole rings is 1. The standard InChI is InChI=1S/C18H19F2N7O4/c1-25(2)14(28)8-31-13-7-26(9-18(13,19)20)12-5-11(24-27-4-3-21-15(12)27)10-6-22-17(30)23-16(10)29/h3-6,13H,7-9H2,1-2H3,(H2,22,23,29,30). The average molecular weight is 435 g/mol. The van der Waals surface area contributed by atoms with Crippen LogP contribution in [0.4, 0.5) is 14.5 Å². The lowest BCUT2D eigenvalue weighted by atomic mass is 10.2. The van der Waals surface area contributed by atoms with Gasteiger partial charge < -0.3 is 19.5 Å². The maximum atomic E-state index is 14.6. The van der Waals surface area contributed by atoms with Gasteiger partial charge in [-0.2, -0.15) is 5.10 Å². The van der Waals surface area contributed by atoms with Gasteiger partial charge in [-0.1, -0.05) is 0 Å². The van der Waals surface area contributed by atoms with Crippen molar-refractivity contribution in [3.05, 3.63) is 45.5 Å². The van der Waals surface area contributed by atoms with Gasteiger partial charge in [-0.25, -0.2) is 23.1 Å². The van der Waals surface area contributed by atoms with E-state index in [4.69, 9.17) is 4.74 Å². The molecule has 11 nitrogen and oxygen atoms in total. The number of hydrogen-bond acceptors (Lipinski definition) is 7. The zero-order valence-electron chi connectivity index (χ0n) is 16.6. The van der Waals surface area contributed by atoms with E-state index >= 15 is 0 Å². The fraction of sp³-hybridized carbons (Fsp3) is 0.389. The summed E-state index contributed by atoms with van der Waals surface area (Å²) in [6.45, 7) is -1.32. The molecule has 4 rings (SSSR count). The number of likely N-dealkylation sites (N-methyl/N-ethyl adjacent to an activating group) is 1. The van der Waals surface area contributed by atoms with E-state index in [-0.39, 0.29) is 17.8 Å². The number of aromatic amines is 2. The maximum absolute atomic E-state index is 14.6. The van der Waals surface area contributed by atoms with Crippen LogP contribution >= 0.6 is 0 Å². The summed E-state index contributed by atoms with van der Waals surface area (Å²) < 4.78 is 35.8. The van der Waals surface area contributed by atoms with Crippen LogP contribution in [-0.2, 0) is 9.53 Å². The minimum Gasteiger partial charge on any atom is -0.360 e. The van der Waals surface area contributed by atoms with Crippen molar-refractivity contribution in [3.63, 3.8) is 0 Å². The van der Waals surface area contributed by atoms with Crippen molar-refractivity contribution in [2.75, 3.05) is 38.7 Å². The summed E-state index contributed by atoms with van der Waals surface area (Å²) in [5.74, 6) is -3.64. The highest BCUT2D eigenvalue weighted by molar-refractivity contribution is 5.77. The van der Waals surface area contributed by atoms with Crippen LogP contribution in [0.2, 0.25) is 0 Å². The molecule has 0 aliphatic carbocycles. The fourth-order valence-corrected chi connectivity index (χ4v) is 3.28. The Kier molecular flexibility index (Phi) is 5.05. The van der Waals surface area contributed by atoms with Crippen LogP contribution in [0, 0.1) is 0 Å². The number of halogens is 2. The molecule has 2 N–H and O–H groups in total. The Bertz CT molecular complexity index is 1250. The summed E-state index contributed by atoms with van der Waals surface area (Å²) in [6.07, 6.45) is 2.66. The predicted octanol–water partition coefficient (Wildman–Crippen LogP) is -0.298. The van der Waals surface area contributed by atoms with Gasteiger partial charge in [-0.05, 0) is 6.07 Å². The largest absolute Gasteiger partial charge is 0.360 e. The van der Waals surface area contributed by atoms with Crippen molar-refractivity contribution >= 4 is 17.2 Å². The number of amides is 1. The zero-order chi connectivity index (χ0) is 22.3. The van der Waals surface area contributed by atoms with Gasteiger partial charge in [-0.15, -0.1) is 0 Å². The highest BCUT2D eigenvalue weighted by atomic mass is 19.3. The van der Waals surface area contributed by atoms with Gasteiger partial charge in [-0.3, -0.25) is 14.6 Å². The molecule has 0 bridgehead atoms. The first-order valence-corrected chi connectivity index (χ1v) is 9.27. The summed E-state index contributed by atoms with van der Waals surface area (Å²) in [5.41, 5.74) is -0.503. The van der Waals surface area contributed by atoms with E-state index in [1.807, 2.05) is 0 Å². The number of anilines is 1. The molecule has 3 aromatic rings. The van der Waals surface area contributed by atoms with E-state index in [1.54, 1.807) is 0 Å². The first kappa shape index (κ1) is 20.7. The number of carbonyl (C=O) groups is 1. The van der Waals surface area contributed by atoms with Gasteiger partial charge in [0.05, 0.1) is 24.3 Å². The number of rotatable bonds is 5. The lowest BCUT2D eigenvalue weighted by molar-refractivity contribution is -0.145. The van der Waals surface area contributed by atoms with Gasteiger partial charge in [0, 0.05) is 32.7 Å². The highest BCUT2D eigenvalue weighted by Crippen LogP contribution is 2.35. The fourth-order valence-electron chi connectivity index (χ4n) is 3.28. The lowest BCUT2D eigenvalue weighted by Gasteiger charge is -2.19. The third-order valence-corrected chi connectivity index (χ3v) is 4.94. The predicted molar refractivity (Wildman–Crippen MR) is 105 cm³/mol. The number of hydrogen-bond donors (Lipinski definition) is 2. The smallest absolute Gasteiger partial charge is 0.325 e. The van der Waals surface area contributed by atoms with Crippen molar-refractivity contribution in [3.8, 4) is 11.3 Å². The van der Waals surface area contributed by atoms with E-state index in [2.05, 4.69) is 20.1 Å². The molecule has 0 saturated carbocycles. The number of alkyl halides is 2. The zero-order valence-corrected chi connectivity index (χ0v) is 16.6. The maximum Gasteiger partial charge on any atom is 0.325 e. The Hall–Kier alpha value is -3.61. The number of ether oxygens (including phenoxy) is 1. The molecular weight excluding hydrogens is 416 g/mol. The second-order valence-corrected chi connectivity index (χ2v) is 7.33. The van der Waals surface area contributed by atoms with E-state index in [0.717, 1.165) is 0 Å². The van der Waals surface area contributed by atoms with Crippen LogP contribution in [0.25, 0.3) is 16.9 Å². The Morgan fingerprint density at radius 2 is 2.16 bits per heavy atom. The van der Waals surface area contributed by atoms with Crippen LogP contribution in [0.5, 0.6) is 0 Å². The van der Waals surface area contributed by atoms with Crippen LogP contribution in [0.15, 0.2) is 34.2 Å². The first-order valence-electron chi connectivity index (χ1n) is 9.27. The quantitative estimate of drug-likeness (QED) is 0.563. The number of H-pyrrole nitrogens is 2. The molecule has 4 heterocycles. The monoisotopic (exact) mass is 435 g/mol. The van der Waals surface area contributed by atoms with Crippen LogP contribution < -0.4 is 16.1 Å². The average Bonchev–Trinajstić information content (AvgIpc) is 3.28. The van der Waals surface area contributed by atoms with E-state index in [0.29, 0.717) is 11.3 Å². The van der Waals surface area contributed by atoms with Gasteiger partial charge in [0.1, 0.15) is 18.4 Å². The van der Waals surface area contributed by atoms with Crippen LogP contribution in [-0.4, -0.2) is 81.2 Å². The first-order chi connectivity index (χ1) is 14.7. The summed E-state index contributed by atoms with van der Waals surface area (Å²) in [7, 11) is 3.02. The molecular formula is C18H19F2N7O4. The molecule has 0 radical (unpaired) electrons. The number of nitrogens with one attached hydrogen (secondary N) is 2. The number of carbonyl (C=O) groups excluding carboxylic acids is 1. The van der Waals surface area contributed by atoms with Crippen molar-refractivity contribution < 1.29 is 18.3 Å². The molecule has 13 heteroatoms. The van der Waals surface area contributed by atoms with E-state index < -0.39 is 42.3 Å². The Morgan fingerprint density at radius 1 is 1.39 bits per heavy atom. The van der Waals surface area contributed by atoms with Gasteiger partial charge >= 0.3 is 5.69 Å². The second-order valence-electron chi connectivity index (χ2n) is 7.33. The van der Waals surface area contributed by atoms with Crippen molar-refractivity contribution in [1.82, 2.24) is 29.5 Å². The third kappa shape index (κ3) is 3.91. The van der Waals surface area contributed by atoms with Gasteiger partial charge in [0.25, 0.3) is 11.5 Å². The molecule has 0 spiro atoms. The molecule has 3 aromatic heterocycles. The molecule has 1 fully saturated rings. The SMILES string of the molecule is CN(C)C(=O)COC1CN(c2cc(-c3c[nH]c(=O)[nH]c3=O)nn3ccnc23)CC1(F)F. The van der Waals surface area contributed by atoms with Crippen LogP contribution in [0.1, 0.15) is 0 Å². The molecule has 1 unspecified atom stereocenters. The summed E-state index contributed by atoms with van der Waals surface area (Å²) in [5, 5.41) is 4.28. The Morgan fingerprint density at radius 3 is 2.87 bits per heavy atom. The molecule has 1 aliphatic rings. The molecule has 164 valence electrons. The van der Waals surface area contributed by atoms with Crippen LogP contribution in [0.3, 0.4) is 0 Å². The third-order valence-electron chi connectivity index (χ3n) is 4.94. The molecule has 1 aliphatic heterocycles. The van der Waals surface area contributed by atoms with Gasteiger partial charge in [0.15, 0.2) is 5.65 Å². The van der Waals surface area contributed by atoms with E-state index in [1.165, 1.54) is 53.1 Å². The summed E-state index contributed by atoms with van der Waals surface area (Å²) >= 11 is 0. The second kappa shape index (κ2) is 7.58. The molecule has 1 saturated heterocycles. The summed E-state index contributed by atoms with van der Waals surface area (Å²) in [6, 6.07) is 1.45. The molecule has 1 atom stereocenters. The number of nitrogens with zero attached hydrogens (tertiary/aromatic N) is 5. The number of aromatic nitrogens is 5. The normalized spacial score (nSPS) is 17.9. The molecule has 31 heavy (non-hydrogen) atoms. The minimum atomic E-state index is -3.21. The van der Waals surface area contributed by atoms with E-state index in [9.17, 15) is 23.2 Å². The Balaban J connectivity index is 1.69. The van der Waals surface area contributed by atoms with Gasteiger partial charge in [0.2, 0.25) is 5.91 Å². The number of fused-ring (bicyclic) bond motifs is 1. The van der Waals surface area contributed by atoms with Crippen molar-refractivity contribution in [2.24, 2.45) is 0 Å². The Labute approximate surface area is 173 Å². The summed E-state index contributed by atoms with van der Waals surface area (Å²) in [4.78, 5) is 46.5. The highest BCUT2D eigenvalue weighted by Gasteiger charge is 2.50. The van der Waals surface area contributed by atoms with Crippen molar-refractivity contribution in [2.45, 2.75) is 12.0 Å². The lowest BCUT2D eigenvalue weighted by Crippen LogP contribution is -2.37. The van der Waals surface area contributed by atoms with Crippen molar-refractivity contribution in [1.29, 1.82) is 0 Å². The molecule has 0 aromatic carbocycles.